The van der Waals surface area contributed by atoms with Gasteiger partial charge in [0.15, 0.2) is 5.82 Å². The molecule has 0 saturated heterocycles. The quantitative estimate of drug-likeness (QED) is 0.922. The Kier molecular flexibility index (Phi) is 3.70. The fraction of sp³-hybridized carbons (Fsp3) is 0.333. The third-order valence-corrected chi connectivity index (χ3v) is 4.11. The maximum atomic E-state index is 13.2. The molecule has 2 aromatic rings. The fourth-order valence-electron chi connectivity index (χ4n) is 2.54. The van der Waals surface area contributed by atoms with Gasteiger partial charge < -0.3 is 5.32 Å². The van der Waals surface area contributed by atoms with Gasteiger partial charge in [0.2, 0.25) is 0 Å². The van der Waals surface area contributed by atoms with Crippen LogP contribution in [0, 0.1) is 5.82 Å². The normalized spacial score (nSPS) is 13.3. The molecule has 1 aromatic carbocycles. The van der Waals surface area contributed by atoms with E-state index in [1.54, 1.807) is 6.07 Å². The third-order valence-electron chi connectivity index (χ3n) is 3.45. The highest BCUT2D eigenvalue weighted by Gasteiger charge is 2.20. The zero-order valence-corrected chi connectivity index (χ0v) is 12.8. The first-order chi connectivity index (χ1) is 9.69. The number of halogens is 2. The molecule has 3 rings (SSSR count). The average molecular weight is 336 g/mol. The molecule has 20 heavy (non-hydrogen) atoms. The van der Waals surface area contributed by atoms with Crippen LogP contribution >= 0.6 is 15.9 Å². The molecular weight excluding hydrogens is 321 g/mol. The lowest BCUT2D eigenvalue weighted by Crippen LogP contribution is -2.06. The average Bonchev–Trinajstić information content (AvgIpc) is 2.87. The van der Waals surface area contributed by atoms with Crippen molar-refractivity contribution in [2.75, 3.05) is 11.9 Å². The largest absolute Gasteiger partial charge is 0.370 e. The Morgan fingerprint density at radius 1 is 1.30 bits per heavy atom. The van der Waals surface area contributed by atoms with Gasteiger partial charge in [-0.2, -0.15) is 0 Å². The lowest BCUT2D eigenvalue weighted by molar-refractivity contribution is 0.627. The molecule has 0 radical (unpaired) electrons. The van der Waals surface area contributed by atoms with Crippen molar-refractivity contribution in [1.29, 1.82) is 0 Å². The second-order valence-corrected chi connectivity index (χ2v) is 5.68. The first-order valence-electron chi connectivity index (χ1n) is 6.78. The van der Waals surface area contributed by atoms with Gasteiger partial charge in [-0.3, -0.25) is 0 Å². The van der Waals surface area contributed by atoms with E-state index in [0.29, 0.717) is 10.3 Å². The summed E-state index contributed by atoms with van der Waals surface area (Å²) < 4.78 is 13.9. The molecule has 5 heteroatoms. The van der Waals surface area contributed by atoms with Gasteiger partial charge in [0, 0.05) is 27.8 Å². The molecule has 1 N–H and O–H groups in total. The summed E-state index contributed by atoms with van der Waals surface area (Å²) in [5.74, 6) is 1.29. The SMILES string of the molecule is CCNc1nc(-c2ccc(F)cc2Br)nc2c1CCC2. The van der Waals surface area contributed by atoms with Crippen LogP contribution in [-0.2, 0) is 12.8 Å². The van der Waals surface area contributed by atoms with Crippen LogP contribution in [0.5, 0.6) is 0 Å². The van der Waals surface area contributed by atoms with Crippen LogP contribution in [0.1, 0.15) is 24.6 Å². The number of aromatic nitrogens is 2. The topological polar surface area (TPSA) is 37.8 Å². The summed E-state index contributed by atoms with van der Waals surface area (Å²) in [6, 6.07) is 4.59. The highest BCUT2D eigenvalue weighted by Crippen LogP contribution is 2.32. The molecular formula is C15H15BrFN3. The Balaban J connectivity index is 2.12. The highest BCUT2D eigenvalue weighted by atomic mass is 79.9. The molecule has 0 spiro atoms. The molecule has 1 heterocycles. The second-order valence-electron chi connectivity index (χ2n) is 4.83. The Labute approximate surface area is 125 Å². The van der Waals surface area contributed by atoms with E-state index in [4.69, 9.17) is 0 Å². The van der Waals surface area contributed by atoms with Crippen LogP contribution in [0.15, 0.2) is 22.7 Å². The van der Waals surface area contributed by atoms with E-state index in [9.17, 15) is 4.39 Å². The van der Waals surface area contributed by atoms with E-state index >= 15 is 0 Å². The molecule has 3 nitrogen and oxygen atoms in total. The summed E-state index contributed by atoms with van der Waals surface area (Å²) in [6.45, 7) is 2.88. The molecule has 0 amide bonds. The van der Waals surface area contributed by atoms with Gasteiger partial charge in [0.25, 0.3) is 0 Å². The van der Waals surface area contributed by atoms with E-state index in [2.05, 4.69) is 38.1 Å². The third kappa shape index (κ3) is 2.42. The molecule has 0 unspecified atom stereocenters. The van der Waals surface area contributed by atoms with Crippen molar-refractivity contribution in [3.8, 4) is 11.4 Å². The van der Waals surface area contributed by atoms with Crippen LogP contribution in [0.25, 0.3) is 11.4 Å². The minimum absolute atomic E-state index is 0.270. The lowest BCUT2D eigenvalue weighted by Gasteiger charge is -2.11. The van der Waals surface area contributed by atoms with Gasteiger partial charge in [0.1, 0.15) is 11.6 Å². The molecule has 0 atom stereocenters. The Morgan fingerprint density at radius 2 is 2.15 bits per heavy atom. The Hall–Kier alpha value is -1.49. The summed E-state index contributed by atoms with van der Waals surface area (Å²) in [6.07, 6.45) is 3.14. The smallest absolute Gasteiger partial charge is 0.162 e. The van der Waals surface area contributed by atoms with Crippen molar-refractivity contribution in [2.45, 2.75) is 26.2 Å². The van der Waals surface area contributed by atoms with Crippen LogP contribution in [0.3, 0.4) is 0 Å². The van der Waals surface area contributed by atoms with E-state index < -0.39 is 0 Å². The minimum atomic E-state index is -0.270. The zero-order chi connectivity index (χ0) is 14.1. The number of anilines is 1. The van der Waals surface area contributed by atoms with Gasteiger partial charge in [-0.1, -0.05) is 0 Å². The number of nitrogens with one attached hydrogen (secondary N) is 1. The number of benzene rings is 1. The van der Waals surface area contributed by atoms with E-state index in [-0.39, 0.29) is 5.82 Å². The first kappa shape index (κ1) is 13.5. The van der Waals surface area contributed by atoms with Gasteiger partial charge in [-0.05, 0) is 60.3 Å². The first-order valence-corrected chi connectivity index (χ1v) is 7.57. The summed E-state index contributed by atoms with van der Waals surface area (Å²) in [5, 5.41) is 3.31. The predicted octanol–water partition coefficient (Wildman–Crippen LogP) is 3.97. The van der Waals surface area contributed by atoms with Crippen LogP contribution in [0.2, 0.25) is 0 Å². The van der Waals surface area contributed by atoms with Crippen LogP contribution < -0.4 is 5.32 Å². The van der Waals surface area contributed by atoms with Gasteiger partial charge >= 0.3 is 0 Å². The number of hydrogen-bond donors (Lipinski definition) is 1. The Morgan fingerprint density at radius 3 is 2.90 bits per heavy atom. The Bertz CT molecular complexity index is 658. The molecule has 1 aromatic heterocycles. The van der Waals surface area contributed by atoms with Crippen molar-refractivity contribution in [3.63, 3.8) is 0 Å². The maximum Gasteiger partial charge on any atom is 0.162 e. The second kappa shape index (κ2) is 5.48. The number of fused-ring (bicyclic) bond motifs is 1. The number of rotatable bonds is 3. The molecule has 0 aliphatic heterocycles. The van der Waals surface area contributed by atoms with Crippen molar-refractivity contribution >= 4 is 21.7 Å². The van der Waals surface area contributed by atoms with Gasteiger partial charge in [0.05, 0.1) is 0 Å². The molecule has 0 saturated carbocycles. The van der Waals surface area contributed by atoms with Crippen molar-refractivity contribution in [2.24, 2.45) is 0 Å². The number of nitrogens with zero attached hydrogens (tertiary/aromatic N) is 2. The standard InChI is InChI=1S/C15H15BrFN3/c1-2-18-14-11-4-3-5-13(11)19-15(20-14)10-7-6-9(17)8-12(10)16/h6-8H,2-5H2,1H3,(H,18,19,20). The van der Waals surface area contributed by atoms with Crippen LogP contribution in [0.4, 0.5) is 10.2 Å². The zero-order valence-electron chi connectivity index (χ0n) is 11.2. The molecule has 1 aliphatic rings. The van der Waals surface area contributed by atoms with Crippen LogP contribution in [-0.4, -0.2) is 16.5 Å². The summed E-state index contributed by atoms with van der Waals surface area (Å²) in [4.78, 5) is 9.27. The molecule has 0 fully saturated rings. The number of hydrogen-bond acceptors (Lipinski definition) is 3. The van der Waals surface area contributed by atoms with E-state index in [1.807, 2.05) is 0 Å². The van der Waals surface area contributed by atoms with Gasteiger partial charge in [-0.25, -0.2) is 14.4 Å². The summed E-state index contributed by atoms with van der Waals surface area (Å²) in [7, 11) is 0. The molecule has 104 valence electrons. The maximum absolute atomic E-state index is 13.2. The van der Waals surface area contributed by atoms with Crippen molar-refractivity contribution in [1.82, 2.24) is 9.97 Å². The lowest BCUT2D eigenvalue weighted by atomic mass is 10.2. The summed E-state index contributed by atoms with van der Waals surface area (Å²) in [5.41, 5.74) is 3.16. The molecule has 0 bridgehead atoms. The summed E-state index contributed by atoms with van der Waals surface area (Å²) >= 11 is 3.39. The fourth-order valence-corrected chi connectivity index (χ4v) is 3.07. The van der Waals surface area contributed by atoms with Crippen molar-refractivity contribution in [3.05, 3.63) is 39.7 Å². The monoisotopic (exact) mass is 335 g/mol. The van der Waals surface area contributed by atoms with E-state index in [0.717, 1.165) is 42.9 Å². The van der Waals surface area contributed by atoms with Crippen molar-refractivity contribution < 1.29 is 4.39 Å². The van der Waals surface area contributed by atoms with Gasteiger partial charge in [-0.15, -0.1) is 0 Å². The predicted molar refractivity (Wildman–Crippen MR) is 81.3 cm³/mol. The highest BCUT2D eigenvalue weighted by molar-refractivity contribution is 9.10. The number of aryl methyl sites for hydroxylation is 1. The minimum Gasteiger partial charge on any atom is -0.370 e. The van der Waals surface area contributed by atoms with E-state index in [1.165, 1.54) is 17.7 Å². The molecule has 1 aliphatic carbocycles.